The van der Waals surface area contributed by atoms with Gasteiger partial charge in [0.15, 0.2) is 0 Å². The number of halogens is 2. The van der Waals surface area contributed by atoms with Crippen molar-refractivity contribution in [3.8, 4) is 11.5 Å². The van der Waals surface area contributed by atoms with Crippen LogP contribution in [0.25, 0.3) is 6.08 Å². The molecule has 4 aromatic carbocycles. The fourth-order valence-electron chi connectivity index (χ4n) is 4.10. The number of carbonyl (C=O) groups excluding carboxylic acids is 3. The molecule has 0 unspecified atom stereocenters. The summed E-state index contributed by atoms with van der Waals surface area (Å²) in [7, 11) is 0. The van der Waals surface area contributed by atoms with Gasteiger partial charge in [-0.25, -0.2) is 9.69 Å². The van der Waals surface area contributed by atoms with Gasteiger partial charge < -0.3 is 9.47 Å². The number of nitrogens with zero attached hydrogens (tertiary/aromatic N) is 1. The van der Waals surface area contributed by atoms with Gasteiger partial charge >= 0.3 is 6.03 Å². The van der Waals surface area contributed by atoms with E-state index in [2.05, 4.69) is 21.2 Å². The van der Waals surface area contributed by atoms with Crippen LogP contribution in [0, 0.1) is 6.92 Å². The van der Waals surface area contributed by atoms with Crippen LogP contribution in [-0.4, -0.2) is 17.8 Å². The van der Waals surface area contributed by atoms with Gasteiger partial charge in [-0.3, -0.25) is 14.9 Å². The third kappa shape index (κ3) is 6.67. The van der Waals surface area contributed by atoms with Crippen molar-refractivity contribution >= 4 is 57.1 Å². The van der Waals surface area contributed by atoms with Crippen molar-refractivity contribution < 1.29 is 23.9 Å². The van der Waals surface area contributed by atoms with E-state index in [0.717, 1.165) is 16.0 Å². The van der Waals surface area contributed by atoms with Crippen molar-refractivity contribution in [2.75, 3.05) is 4.90 Å². The average Bonchev–Trinajstić information content (AvgIpc) is 2.96. The van der Waals surface area contributed by atoms with E-state index in [1.54, 1.807) is 48.5 Å². The van der Waals surface area contributed by atoms with Crippen molar-refractivity contribution in [1.82, 2.24) is 5.32 Å². The number of benzene rings is 4. The Balaban J connectivity index is 1.29. The van der Waals surface area contributed by atoms with Gasteiger partial charge in [0.05, 0.1) is 10.2 Å². The topological polar surface area (TPSA) is 84.9 Å². The molecule has 41 heavy (non-hydrogen) atoms. The summed E-state index contributed by atoms with van der Waals surface area (Å²) in [6.07, 6.45) is 1.44. The number of hydrogen-bond acceptors (Lipinski definition) is 5. The number of barbiturate groups is 1. The molecule has 1 aliphatic heterocycles. The predicted octanol–water partition coefficient (Wildman–Crippen LogP) is 7.24. The van der Waals surface area contributed by atoms with Crippen LogP contribution in [-0.2, 0) is 22.8 Å². The van der Waals surface area contributed by atoms with Crippen molar-refractivity contribution in [3.63, 3.8) is 0 Å². The van der Waals surface area contributed by atoms with E-state index >= 15 is 0 Å². The Bertz CT molecular complexity index is 1650. The third-order valence-electron chi connectivity index (χ3n) is 6.33. The van der Waals surface area contributed by atoms with Crippen LogP contribution in [0.3, 0.4) is 0 Å². The Kier molecular flexibility index (Phi) is 8.52. The third-order valence-corrected chi connectivity index (χ3v) is 7.32. The summed E-state index contributed by atoms with van der Waals surface area (Å²) in [5, 5.41) is 2.84. The first-order valence-electron chi connectivity index (χ1n) is 12.6. The van der Waals surface area contributed by atoms with Gasteiger partial charge in [-0.1, -0.05) is 65.7 Å². The number of ether oxygens (including phenoxy) is 2. The largest absolute Gasteiger partial charge is 0.489 e. The van der Waals surface area contributed by atoms with Crippen LogP contribution in [0.15, 0.2) is 101 Å². The lowest BCUT2D eigenvalue weighted by molar-refractivity contribution is -0.122. The molecule has 1 fully saturated rings. The second-order valence-electron chi connectivity index (χ2n) is 9.30. The number of nitrogens with one attached hydrogen (secondary N) is 1. The lowest BCUT2D eigenvalue weighted by Crippen LogP contribution is -2.54. The SMILES string of the molecule is Cc1ccc(COc2ccc(/C=C3\C(=O)NC(=O)N(c4ccc(OCc5ccccc5Cl)cc4)C3=O)cc2Br)cc1. The average molecular weight is 632 g/mol. The van der Waals surface area contributed by atoms with Crippen LogP contribution in [0.1, 0.15) is 22.3 Å². The molecule has 1 N–H and O–H groups in total. The van der Waals surface area contributed by atoms with Gasteiger partial charge in [0.25, 0.3) is 11.8 Å². The summed E-state index contributed by atoms with van der Waals surface area (Å²) in [5.74, 6) is -0.369. The highest BCUT2D eigenvalue weighted by Crippen LogP contribution is 2.29. The Morgan fingerprint density at radius 3 is 2.32 bits per heavy atom. The van der Waals surface area contributed by atoms with Gasteiger partial charge in [-0.2, -0.15) is 0 Å². The molecule has 0 bridgehead atoms. The smallest absolute Gasteiger partial charge is 0.335 e. The molecule has 0 atom stereocenters. The highest BCUT2D eigenvalue weighted by molar-refractivity contribution is 9.10. The molecule has 0 radical (unpaired) electrons. The van der Waals surface area contributed by atoms with Gasteiger partial charge in [0.2, 0.25) is 0 Å². The van der Waals surface area contributed by atoms with E-state index in [1.807, 2.05) is 49.4 Å². The highest BCUT2D eigenvalue weighted by Gasteiger charge is 2.36. The minimum atomic E-state index is -0.831. The van der Waals surface area contributed by atoms with Gasteiger partial charge in [0.1, 0.15) is 30.3 Å². The van der Waals surface area contributed by atoms with Crippen molar-refractivity contribution in [2.24, 2.45) is 0 Å². The number of amides is 4. The highest BCUT2D eigenvalue weighted by atomic mass is 79.9. The lowest BCUT2D eigenvalue weighted by Gasteiger charge is -2.26. The normalized spacial score (nSPS) is 14.3. The summed E-state index contributed by atoms with van der Waals surface area (Å²) < 4.78 is 12.4. The van der Waals surface area contributed by atoms with Crippen LogP contribution in [0.5, 0.6) is 11.5 Å². The first-order valence-corrected chi connectivity index (χ1v) is 13.8. The number of urea groups is 1. The zero-order valence-corrected chi connectivity index (χ0v) is 24.2. The maximum atomic E-state index is 13.3. The van der Waals surface area contributed by atoms with E-state index in [1.165, 1.54) is 11.6 Å². The van der Waals surface area contributed by atoms with Crippen molar-refractivity contribution in [2.45, 2.75) is 20.1 Å². The Labute approximate surface area is 250 Å². The molecule has 1 aliphatic rings. The molecule has 7 nitrogen and oxygen atoms in total. The maximum Gasteiger partial charge on any atom is 0.335 e. The number of rotatable bonds is 8. The minimum absolute atomic E-state index is 0.177. The molecule has 206 valence electrons. The summed E-state index contributed by atoms with van der Waals surface area (Å²) >= 11 is 9.68. The van der Waals surface area contributed by atoms with Gasteiger partial charge in [-0.15, -0.1) is 0 Å². The summed E-state index contributed by atoms with van der Waals surface area (Å²) in [6.45, 7) is 2.67. The first kappa shape index (κ1) is 28.1. The van der Waals surface area contributed by atoms with E-state index < -0.39 is 17.8 Å². The lowest BCUT2D eigenvalue weighted by atomic mass is 10.1. The summed E-state index contributed by atoms with van der Waals surface area (Å²) in [6, 6.07) is 26.2. The van der Waals surface area contributed by atoms with E-state index in [-0.39, 0.29) is 17.9 Å². The van der Waals surface area contributed by atoms with E-state index in [4.69, 9.17) is 21.1 Å². The standard InChI is InChI=1S/C32H24BrClN2O5/c1-20-6-8-21(9-7-20)18-41-29-15-10-22(17-27(29)33)16-26-30(37)35-32(39)36(31(26)38)24-11-13-25(14-12-24)40-19-23-4-2-3-5-28(23)34/h2-17H,18-19H2,1H3,(H,35,37,39)/b26-16+. The number of anilines is 1. The summed E-state index contributed by atoms with van der Waals surface area (Å²) in [5.41, 5.74) is 3.72. The zero-order chi connectivity index (χ0) is 28.9. The second kappa shape index (κ2) is 12.4. The molecule has 0 spiro atoms. The molecule has 9 heteroatoms. The second-order valence-corrected chi connectivity index (χ2v) is 10.6. The summed E-state index contributed by atoms with van der Waals surface area (Å²) in [4.78, 5) is 39.5. The molecular weight excluding hydrogens is 608 g/mol. The Morgan fingerprint density at radius 2 is 1.61 bits per heavy atom. The van der Waals surface area contributed by atoms with Crippen LogP contribution < -0.4 is 19.7 Å². The van der Waals surface area contributed by atoms with E-state index in [9.17, 15) is 14.4 Å². The first-order chi connectivity index (χ1) is 19.8. The minimum Gasteiger partial charge on any atom is -0.489 e. The van der Waals surface area contributed by atoms with Crippen LogP contribution >= 0.6 is 27.5 Å². The van der Waals surface area contributed by atoms with Crippen molar-refractivity contribution in [3.05, 3.63) is 128 Å². The number of carbonyl (C=O) groups is 3. The Morgan fingerprint density at radius 1 is 0.878 bits per heavy atom. The van der Waals surface area contributed by atoms with Gasteiger partial charge in [-0.05, 0) is 82.5 Å². The van der Waals surface area contributed by atoms with Gasteiger partial charge in [0, 0.05) is 10.6 Å². The molecule has 0 saturated carbocycles. The fraction of sp³-hybridized carbons (Fsp3) is 0.0938. The number of imide groups is 2. The molecule has 4 aromatic rings. The zero-order valence-electron chi connectivity index (χ0n) is 21.9. The Hall–Kier alpha value is -4.40. The number of hydrogen-bond donors (Lipinski definition) is 1. The fourth-order valence-corrected chi connectivity index (χ4v) is 4.80. The molecule has 1 saturated heterocycles. The molecular formula is C32H24BrClN2O5. The van der Waals surface area contributed by atoms with Crippen LogP contribution in [0.4, 0.5) is 10.5 Å². The van der Waals surface area contributed by atoms with E-state index in [0.29, 0.717) is 33.2 Å². The maximum absolute atomic E-state index is 13.3. The molecule has 0 aromatic heterocycles. The molecule has 5 rings (SSSR count). The number of aryl methyl sites for hydroxylation is 1. The molecule has 4 amide bonds. The predicted molar refractivity (Wildman–Crippen MR) is 161 cm³/mol. The quantitative estimate of drug-likeness (QED) is 0.164. The molecule has 1 heterocycles. The molecule has 0 aliphatic carbocycles. The van der Waals surface area contributed by atoms with Crippen LogP contribution in [0.2, 0.25) is 5.02 Å². The van der Waals surface area contributed by atoms with Crippen molar-refractivity contribution in [1.29, 1.82) is 0 Å². The monoisotopic (exact) mass is 630 g/mol.